The molecule has 6 nitrogen and oxygen atoms in total. The summed E-state index contributed by atoms with van der Waals surface area (Å²) in [6.07, 6.45) is -1.50. The number of carbonyl (C=O) groups is 1. The second-order valence-corrected chi connectivity index (χ2v) is 2.88. The first-order chi connectivity index (χ1) is 7.08. The Bertz CT molecular complexity index is 394. The highest BCUT2D eigenvalue weighted by molar-refractivity contribution is 6.30. The molecular formula is C8H8ClN3O3. The Morgan fingerprint density at radius 1 is 1.60 bits per heavy atom. The third-order valence-corrected chi connectivity index (χ3v) is 1.54. The molecule has 0 amide bonds. The van der Waals surface area contributed by atoms with Gasteiger partial charge in [-0.05, 0) is 18.2 Å². The topological polar surface area (TPSA) is 96.9 Å². The van der Waals surface area contributed by atoms with Crippen molar-refractivity contribution in [3.8, 4) is 0 Å². The average Bonchev–Trinajstić information content (AvgIpc) is 2.15. The van der Waals surface area contributed by atoms with Gasteiger partial charge in [-0.3, -0.25) is 0 Å². The van der Waals surface area contributed by atoms with E-state index in [4.69, 9.17) is 22.4 Å². The maximum Gasteiger partial charge on any atom is 0.530 e. The molecule has 1 aromatic rings. The zero-order chi connectivity index (χ0) is 11.3. The van der Waals surface area contributed by atoms with Crippen LogP contribution in [0.3, 0.4) is 0 Å². The molecule has 0 unspecified atom stereocenters. The van der Waals surface area contributed by atoms with Crippen molar-refractivity contribution >= 4 is 29.4 Å². The molecule has 0 spiro atoms. The number of hydroxylamine groups is 1. The lowest BCUT2D eigenvalue weighted by atomic mass is 10.3. The molecule has 4 N–H and O–H groups in total. The molecule has 0 atom stereocenters. The van der Waals surface area contributed by atoms with E-state index in [9.17, 15) is 4.79 Å². The fourth-order valence-electron chi connectivity index (χ4n) is 0.804. The normalized spacial score (nSPS) is 10.9. The van der Waals surface area contributed by atoms with Crippen LogP contribution in [0.2, 0.25) is 5.02 Å². The van der Waals surface area contributed by atoms with Gasteiger partial charge in [-0.1, -0.05) is 17.7 Å². The van der Waals surface area contributed by atoms with Crippen LogP contribution in [0.1, 0.15) is 0 Å². The summed E-state index contributed by atoms with van der Waals surface area (Å²) in [5.41, 5.74) is 7.73. The quantitative estimate of drug-likeness (QED) is 0.385. The minimum Gasteiger partial charge on any atom is -0.448 e. The molecule has 0 aliphatic rings. The van der Waals surface area contributed by atoms with Crippen molar-refractivity contribution in [1.82, 2.24) is 5.48 Å². The fourth-order valence-corrected chi connectivity index (χ4v) is 0.988. The van der Waals surface area contributed by atoms with E-state index in [0.717, 1.165) is 0 Å². The summed E-state index contributed by atoms with van der Waals surface area (Å²) in [6.45, 7) is 0. The number of nitrogens with two attached hydrogens (primary N) is 1. The summed E-state index contributed by atoms with van der Waals surface area (Å²) >= 11 is 5.70. The third-order valence-electron chi connectivity index (χ3n) is 1.30. The van der Waals surface area contributed by atoms with E-state index in [-0.39, 0.29) is 5.96 Å². The molecule has 80 valence electrons. The van der Waals surface area contributed by atoms with E-state index in [1.54, 1.807) is 24.3 Å². The summed E-state index contributed by atoms with van der Waals surface area (Å²) in [7, 11) is 0. The summed E-state index contributed by atoms with van der Waals surface area (Å²) in [5.74, 6) is -0.181. The molecular weight excluding hydrogens is 222 g/mol. The Hall–Kier alpha value is -1.95. The first-order valence-electron chi connectivity index (χ1n) is 3.83. The molecule has 0 aliphatic heterocycles. The van der Waals surface area contributed by atoms with Gasteiger partial charge in [-0.15, -0.1) is 0 Å². The molecule has 0 radical (unpaired) electrons. The predicted molar refractivity (Wildman–Crippen MR) is 55.0 cm³/mol. The van der Waals surface area contributed by atoms with Crippen molar-refractivity contribution in [1.29, 1.82) is 0 Å². The van der Waals surface area contributed by atoms with Crippen LogP contribution in [0.25, 0.3) is 0 Å². The Morgan fingerprint density at radius 3 is 2.93 bits per heavy atom. The van der Waals surface area contributed by atoms with Gasteiger partial charge < -0.3 is 15.7 Å². The first-order valence-corrected chi connectivity index (χ1v) is 4.21. The summed E-state index contributed by atoms with van der Waals surface area (Å²) < 4.78 is 0. The van der Waals surface area contributed by atoms with Crippen LogP contribution in [0.15, 0.2) is 29.3 Å². The SMILES string of the molecule is NC(=Nc1cccc(Cl)c1)NOC(=O)O. The van der Waals surface area contributed by atoms with Crippen molar-refractivity contribution in [3.05, 3.63) is 29.3 Å². The van der Waals surface area contributed by atoms with Gasteiger partial charge in [0, 0.05) is 5.02 Å². The van der Waals surface area contributed by atoms with Gasteiger partial charge in [0.1, 0.15) is 0 Å². The molecule has 0 heterocycles. The molecule has 0 aromatic heterocycles. The highest BCUT2D eigenvalue weighted by Crippen LogP contribution is 2.17. The maximum absolute atomic E-state index is 9.99. The van der Waals surface area contributed by atoms with E-state index in [0.29, 0.717) is 10.7 Å². The summed E-state index contributed by atoms with van der Waals surface area (Å²) in [4.78, 5) is 17.8. The van der Waals surface area contributed by atoms with E-state index in [1.807, 2.05) is 5.48 Å². The summed E-state index contributed by atoms with van der Waals surface area (Å²) in [5, 5.41) is 8.66. The van der Waals surface area contributed by atoms with Gasteiger partial charge in [0.15, 0.2) is 0 Å². The Morgan fingerprint density at radius 2 is 2.33 bits per heavy atom. The zero-order valence-corrected chi connectivity index (χ0v) is 8.23. The second kappa shape index (κ2) is 5.06. The van der Waals surface area contributed by atoms with Gasteiger partial charge in [-0.2, -0.15) is 5.48 Å². The van der Waals surface area contributed by atoms with E-state index in [1.165, 1.54) is 0 Å². The van der Waals surface area contributed by atoms with Gasteiger partial charge in [-0.25, -0.2) is 9.79 Å². The van der Waals surface area contributed by atoms with Crippen molar-refractivity contribution in [2.24, 2.45) is 10.7 Å². The van der Waals surface area contributed by atoms with Gasteiger partial charge >= 0.3 is 6.16 Å². The lowest BCUT2D eigenvalue weighted by Gasteiger charge is -2.02. The highest BCUT2D eigenvalue weighted by atomic mass is 35.5. The molecule has 0 saturated carbocycles. The Kier molecular flexibility index (Phi) is 3.75. The largest absolute Gasteiger partial charge is 0.530 e. The van der Waals surface area contributed by atoms with Crippen LogP contribution in [0.5, 0.6) is 0 Å². The van der Waals surface area contributed by atoms with Gasteiger partial charge in [0.2, 0.25) is 5.96 Å². The van der Waals surface area contributed by atoms with E-state index in [2.05, 4.69) is 9.83 Å². The van der Waals surface area contributed by atoms with E-state index >= 15 is 0 Å². The molecule has 7 heteroatoms. The maximum atomic E-state index is 9.99. The number of nitrogens with zero attached hydrogens (tertiary/aromatic N) is 1. The minimum absolute atomic E-state index is 0.181. The number of nitrogens with one attached hydrogen (secondary N) is 1. The number of aliphatic imine (C=N–C) groups is 1. The smallest absolute Gasteiger partial charge is 0.448 e. The van der Waals surface area contributed by atoms with Crippen LogP contribution in [0, 0.1) is 0 Å². The van der Waals surface area contributed by atoms with Crippen molar-refractivity contribution < 1.29 is 14.7 Å². The lowest BCUT2D eigenvalue weighted by molar-refractivity contribution is 0.0680. The minimum atomic E-state index is -1.50. The third kappa shape index (κ3) is 4.19. The van der Waals surface area contributed by atoms with Crippen molar-refractivity contribution in [3.63, 3.8) is 0 Å². The number of rotatable bonds is 1. The second-order valence-electron chi connectivity index (χ2n) is 2.45. The van der Waals surface area contributed by atoms with Gasteiger partial charge in [0.25, 0.3) is 0 Å². The molecule has 0 saturated heterocycles. The monoisotopic (exact) mass is 229 g/mol. The molecule has 0 aliphatic carbocycles. The number of hydrogen-bond donors (Lipinski definition) is 3. The Labute approximate surface area is 90.3 Å². The number of carboxylic acid groups (broad SMARTS) is 1. The fraction of sp³-hybridized carbons (Fsp3) is 0. The Balaban J connectivity index is 2.65. The van der Waals surface area contributed by atoms with Crippen LogP contribution in [0.4, 0.5) is 10.5 Å². The predicted octanol–water partition coefficient (Wildman–Crippen LogP) is 1.49. The molecule has 0 bridgehead atoms. The number of benzene rings is 1. The van der Waals surface area contributed by atoms with Crippen LogP contribution >= 0.6 is 11.6 Å². The number of hydrogen-bond acceptors (Lipinski definition) is 3. The van der Waals surface area contributed by atoms with Crippen molar-refractivity contribution in [2.45, 2.75) is 0 Å². The average molecular weight is 230 g/mol. The lowest BCUT2D eigenvalue weighted by Crippen LogP contribution is -2.32. The molecule has 15 heavy (non-hydrogen) atoms. The van der Waals surface area contributed by atoms with Crippen LogP contribution in [-0.2, 0) is 4.84 Å². The molecule has 1 rings (SSSR count). The zero-order valence-electron chi connectivity index (χ0n) is 7.48. The van der Waals surface area contributed by atoms with Gasteiger partial charge in [0.05, 0.1) is 5.69 Å². The first kappa shape index (κ1) is 11.1. The van der Waals surface area contributed by atoms with E-state index < -0.39 is 6.16 Å². The van der Waals surface area contributed by atoms with Crippen LogP contribution in [-0.4, -0.2) is 17.2 Å². The highest BCUT2D eigenvalue weighted by Gasteiger charge is 1.98. The molecule has 1 aromatic carbocycles. The van der Waals surface area contributed by atoms with Crippen molar-refractivity contribution in [2.75, 3.05) is 0 Å². The number of halogens is 1. The molecule has 0 fully saturated rings. The standard InChI is InChI=1S/C8H8ClN3O3/c9-5-2-1-3-6(4-5)11-7(10)12-15-8(13)14/h1-4H,(H,13,14)(H3,10,11,12). The van der Waals surface area contributed by atoms with Crippen LogP contribution < -0.4 is 11.2 Å². The number of guanidine groups is 1. The summed E-state index contributed by atoms with van der Waals surface area (Å²) in [6, 6.07) is 6.59.